The number of sulfonamides is 1. The summed E-state index contributed by atoms with van der Waals surface area (Å²) in [5.41, 5.74) is 2.81. The highest BCUT2D eigenvalue weighted by Gasteiger charge is 2.32. The van der Waals surface area contributed by atoms with Crippen molar-refractivity contribution in [1.29, 1.82) is 0 Å². The fourth-order valence-corrected chi connectivity index (χ4v) is 4.50. The van der Waals surface area contributed by atoms with Crippen LogP contribution in [0.4, 0.5) is 5.69 Å². The van der Waals surface area contributed by atoms with Gasteiger partial charge in [0, 0.05) is 13.0 Å². The molecule has 0 fully saturated rings. The summed E-state index contributed by atoms with van der Waals surface area (Å²) >= 11 is 0. The molecule has 0 saturated carbocycles. The number of nitrogens with zero attached hydrogens (tertiary/aromatic N) is 1. The molecule has 2 aliphatic rings. The molecule has 0 radical (unpaired) electrons. The average molecular weight is 346 g/mol. The molecule has 1 aromatic carbocycles. The third-order valence-electron chi connectivity index (χ3n) is 4.57. The summed E-state index contributed by atoms with van der Waals surface area (Å²) in [5, 5.41) is 0. The molecule has 2 aliphatic heterocycles. The van der Waals surface area contributed by atoms with Gasteiger partial charge in [-0.3, -0.25) is 4.79 Å². The van der Waals surface area contributed by atoms with Crippen molar-refractivity contribution in [2.24, 2.45) is 0 Å². The second-order valence-corrected chi connectivity index (χ2v) is 7.99. The Morgan fingerprint density at radius 3 is 2.62 bits per heavy atom. The molecule has 3 heterocycles. The van der Waals surface area contributed by atoms with E-state index in [2.05, 4.69) is 4.72 Å². The van der Waals surface area contributed by atoms with E-state index in [-0.39, 0.29) is 17.3 Å². The Balaban J connectivity index is 1.63. The normalized spacial score (nSPS) is 16.5. The van der Waals surface area contributed by atoms with Gasteiger partial charge in [0.05, 0.1) is 17.1 Å². The van der Waals surface area contributed by atoms with Gasteiger partial charge in [-0.2, -0.15) is 0 Å². The number of hydrogen-bond donors (Lipinski definition) is 1. The number of carbonyl (C=O) groups is 1. The lowest BCUT2D eigenvalue weighted by Crippen LogP contribution is -2.33. The molecule has 0 saturated heterocycles. The predicted molar refractivity (Wildman–Crippen MR) is 88.3 cm³/mol. The van der Waals surface area contributed by atoms with Crippen molar-refractivity contribution in [1.82, 2.24) is 4.72 Å². The zero-order valence-electron chi connectivity index (χ0n) is 13.3. The molecule has 0 unspecified atom stereocenters. The van der Waals surface area contributed by atoms with Crippen LogP contribution in [0, 0.1) is 6.92 Å². The molecule has 7 heteroatoms. The van der Waals surface area contributed by atoms with E-state index in [1.807, 2.05) is 6.92 Å². The van der Waals surface area contributed by atoms with E-state index in [4.69, 9.17) is 4.42 Å². The number of anilines is 1. The Morgan fingerprint density at radius 2 is 1.92 bits per heavy atom. The lowest BCUT2D eigenvalue weighted by atomic mass is 10.00. The van der Waals surface area contributed by atoms with Crippen LogP contribution in [0.1, 0.15) is 29.1 Å². The highest BCUT2D eigenvalue weighted by atomic mass is 32.2. The first-order valence-corrected chi connectivity index (χ1v) is 9.43. The first kappa shape index (κ1) is 15.4. The van der Waals surface area contributed by atoms with Gasteiger partial charge in [-0.1, -0.05) is 0 Å². The molecule has 24 heavy (non-hydrogen) atoms. The van der Waals surface area contributed by atoms with Crippen LogP contribution in [0.5, 0.6) is 0 Å². The third-order valence-corrected chi connectivity index (χ3v) is 5.95. The summed E-state index contributed by atoms with van der Waals surface area (Å²) in [7, 11) is -3.62. The van der Waals surface area contributed by atoms with Crippen molar-refractivity contribution in [2.45, 2.75) is 37.6 Å². The summed E-state index contributed by atoms with van der Waals surface area (Å²) in [6.07, 6.45) is 1.74. The molecule has 1 amide bonds. The van der Waals surface area contributed by atoms with Crippen LogP contribution in [0.15, 0.2) is 33.6 Å². The first-order valence-electron chi connectivity index (χ1n) is 7.95. The standard InChI is InChI=1S/C17H18N2O4S/c1-11-2-4-14(23-11)10-18-24(21,22)15-8-12-3-5-16(20)19-7-6-13(9-15)17(12)19/h2,4,8-9,18H,3,5-7,10H2,1H3. The van der Waals surface area contributed by atoms with Crippen LogP contribution in [0.25, 0.3) is 0 Å². The van der Waals surface area contributed by atoms with E-state index in [1.54, 1.807) is 29.2 Å². The maximum atomic E-state index is 12.6. The van der Waals surface area contributed by atoms with Gasteiger partial charge in [0.1, 0.15) is 11.5 Å². The Morgan fingerprint density at radius 1 is 1.17 bits per heavy atom. The topological polar surface area (TPSA) is 79.6 Å². The van der Waals surface area contributed by atoms with Gasteiger partial charge in [-0.15, -0.1) is 0 Å². The minimum Gasteiger partial charge on any atom is -0.465 e. The molecule has 0 atom stereocenters. The number of rotatable bonds is 4. The van der Waals surface area contributed by atoms with Gasteiger partial charge in [0.15, 0.2) is 0 Å². The Bertz CT molecular complexity index is 930. The van der Waals surface area contributed by atoms with Crippen molar-refractivity contribution in [3.05, 3.63) is 46.9 Å². The number of carbonyl (C=O) groups excluding carboxylic acids is 1. The maximum Gasteiger partial charge on any atom is 0.240 e. The zero-order valence-corrected chi connectivity index (χ0v) is 14.1. The average Bonchev–Trinajstić information content (AvgIpc) is 3.16. The van der Waals surface area contributed by atoms with Crippen LogP contribution in [-0.4, -0.2) is 20.9 Å². The van der Waals surface area contributed by atoms with E-state index in [1.165, 1.54) is 0 Å². The van der Waals surface area contributed by atoms with Gasteiger partial charge in [-0.05, 0) is 55.2 Å². The summed E-state index contributed by atoms with van der Waals surface area (Å²) in [4.78, 5) is 14.0. The van der Waals surface area contributed by atoms with Gasteiger partial charge >= 0.3 is 0 Å². The smallest absolute Gasteiger partial charge is 0.240 e. The number of aryl methyl sites for hydroxylation is 2. The molecule has 0 spiro atoms. The van der Waals surface area contributed by atoms with Crippen LogP contribution in [0.3, 0.4) is 0 Å². The largest absolute Gasteiger partial charge is 0.465 e. The van der Waals surface area contributed by atoms with E-state index < -0.39 is 10.0 Å². The summed E-state index contributed by atoms with van der Waals surface area (Å²) in [5.74, 6) is 1.45. The van der Waals surface area contributed by atoms with Gasteiger partial charge in [0.2, 0.25) is 15.9 Å². The predicted octanol–water partition coefficient (Wildman–Crippen LogP) is 1.90. The van der Waals surface area contributed by atoms with Crippen molar-refractivity contribution in [3.63, 3.8) is 0 Å². The SMILES string of the molecule is Cc1ccc(CNS(=O)(=O)c2cc3c4c(c2)CCN4C(=O)CC3)o1. The minimum absolute atomic E-state index is 0.118. The number of hydrogen-bond acceptors (Lipinski definition) is 4. The number of amides is 1. The highest BCUT2D eigenvalue weighted by Crippen LogP contribution is 2.38. The van der Waals surface area contributed by atoms with Gasteiger partial charge in [-0.25, -0.2) is 13.1 Å². The molecule has 1 N–H and O–H groups in total. The molecule has 2 aromatic rings. The zero-order chi connectivity index (χ0) is 16.9. The Hall–Kier alpha value is -2.12. The minimum atomic E-state index is -3.62. The van der Waals surface area contributed by atoms with Crippen molar-refractivity contribution >= 4 is 21.6 Å². The molecular weight excluding hydrogens is 328 g/mol. The Labute approximate surface area is 140 Å². The van der Waals surface area contributed by atoms with E-state index in [0.29, 0.717) is 31.6 Å². The maximum absolute atomic E-state index is 12.6. The third kappa shape index (κ3) is 2.53. The second kappa shape index (κ2) is 5.46. The quantitative estimate of drug-likeness (QED) is 0.917. The van der Waals surface area contributed by atoms with Gasteiger partial charge in [0.25, 0.3) is 0 Å². The first-order chi connectivity index (χ1) is 11.4. The van der Waals surface area contributed by atoms with Crippen LogP contribution in [0.2, 0.25) is 0 Å². The molecule has 1 aromatic heterocycles. The molecule has 4 rings (SSSR count). The molecular formula is C17H18N2O4S. The van der Waals surface area contributed by atoms with Crippen molar-refractivity contribution in [2.75, 3.05) is 11.4 Å². The van der Waals surface area contributed by atoms with E-state index in [0.717, 1.165) is 22.6 Å². The lowest BCUT2D eigenvalue weighted by Gasteiger charge is -2.25. The van der Waals surface area contributed by atoms with Crippen LogP contribution < -0.4 is 9.62 Å². The highest BCUT2D eigenvalue weighted by molar-refractivity contribution is 7.89. The number of nitrogens with one attached hydrogen (secondary N) is 1. The summed E-state index contributed by atoms with van der Waals surface area (Å²) < 4.78 is 33.2. The number of benzene rings is 1. The number of furan rings is 1. The van der Waals surface area contributed by atoms with Gasteiger partial charge < -0.3 is 9.32 Å². The van der Waals surface area contributed by atoms with Crippen LogP contribution in [-0.2, 0) is 34.2 Å². The summed E-state index contributed by atoms with van der Waals surface area (Å²) in [6, 6.07) is 6.94. The van der Waals surface area contributed by atoms with E-state index >= 15 is 0 Å². The van der Waals surface area contributed by atoms with Crippen molar-refractivity contribution in [3.8, 4) is 0 Å². The Kier molecular flexibility index (Phi) is 3.51. The fraction of sp³-hybridized carbons (Fsp3) is 0.353. The fourth-order valence-electron chi connectivity index (χ4n) is 3.41. The lowest BCUT2D eigenvalue weighted by molar-refractivity contribution is -0.118. The summed E-state index contributed by atoms with van der Waals surface area (Å²) in [6.45, 7) is 2.58. The molecule has 0 aliphatic carbocycles. The molecule has 126 valence electrons. The van der Waals surface area contributed by atoms with Crippen molar-refractivity contribution < 1.29 is 17.6 Å². The second-order valence-electron chi connectivity index (χ2n) is 6.22. The molecule has 0 bridgehead atoms. The monoisotopic (exact) mass is 346 g/mol. The van der Waals surface area contributed by atoms with E-state index in [9.17, 15) is 13.2 Å². The van der Waals surface area contributed by atoms with Crippen LogP contribution >= 0.6 is 0 Å². The molecule has 6 nitrogen and oxygen atoms in total.